The number of H-pyrrole nitrogens is 1. The number of nitrogens with zero attached hydrogens (tertiary/aromatic N) is 6. The van der Waals surface area contributed by atoms with Crippen LogP contribution in [0.5, 0.6) is 0 Å². The minimum absolute atomic E-state index is 0.492. The van der Waals surface area contributed by atoms with Crippen LogP contribution in [0.2, 0.25) is 10.0 Å². The van der Waals surface area contributed by atoms with Crippen molar-refractivity contribution in [3.63, 3.8) is 0 Å². The minimum atomic E-state index is 0.492. The van der Waals surface area contributed by atoms with Gasteiger partial charge in [-0.15, -0.1) is 5.10 Å². The van der Waals surface area contributed by atoms with Gasteiger partial charge in [-0.1, -0.05) is 23.2 Å². The average Bonchev–Trinajstić information content (AvgIpc) is 3.57. The lowest BCUT2D eigenvalue weighted by molar-refractivity contribution is 0.311. The number of piperazine rings is 1. The first kappa shape index (κ1) is 21.7. The molecule has 0 spiro atoms. The third-order valence-corrected chi connectivity index (χ3v) is 7.52. The Balaban J connectivity index is 1.37. The van der Waals surface area contributed by atoms with Crippen LogP contribution in [0.25, 0.3) is 27.9 Å². The number of imidazole rings is 2. The van der Waals surface area contributed by atoms with Crippen molar-refractivity contribution >= 4 is 62.7 Å². The van der Waals surface area contributed by atoms with Gasteiger partial charge in [0.25, 0.3) is 0 Å². The van der Waals surface area contributed by atoms with E-state index < -0.39 is 0 Å². The van der Waals surface area contributed by atoms with Crippen LogP contribution in [0, 0.1) is 0 Å². The lowest BCUT2D eigenvalue weighted by Crippen LogP contribution is -2.45. The number of anilines is 2. The van der Waals surface area contributed by atoms with Crippen LogP contribution >= 0.6 is 34.5 Å². The zero-order chi connectivity index (χ0) is 23.2. The zero-order valence-corrected chi connectivity index (χ0v) is 20.8. The highest BCUT2D eigenvalue weighted by molar-refractivity contribution is 7.08. The fourth-order valence-electron chi connectivity index (χ4n) is 4.20. The number of likely N-dealkylation sites (N-methyl/N-ethyl adjacent to an activating group) is 1. The Kier molecular flexibility index (Phi) is 5.57. The van der Waals surface area contributed by atoms with E-state index >= 15 is 0 Å². The van der Waals surface area contributed by atoms with Crippen molar-refractivity contribution in [2.24, 2.45) is 0 Å². The van der Waals surface area contributed by atoms with E-state index in [2.05, 4.69) is 55.0 Å². The number of aromatic nitrogens is 5. The molecule has 0 aliphatic carbocycles. The molecule has 4 aromatic heterocycles. The normalized spacial score (nSPS) is 15.0. The molecular formula is C23H22Cl2N8S. The average molecular weight is 513 g/mol. The highest BCUT2D eigenvalue weighted by Crippen LogP contribution is 2.30. The lowest BCUT2D eigenvalue weighted by Gasteiger charge is -2.33. The van der Waals surface area contributed by atoms with Gasteiger partial charge < -0.3 is 20.1 Å². The molecule has 34 heavy (non-hydrogen) atoms. The van der Waals surface area contributed by atoms with Gasteiger partial charge in [0.15, 0.2) is 11.5 Å². The molecule has 1 fully saturated rings. The van der Waals surface area contributed by atoms with Crippen LogP contribution in [0.15, 0.2) is 41.2 Å². The molecule has 11 heteroatoms. The molecule has 0 saturated carbocycles. The SMILES string of the molecule is CN1CCN(c2cc(NCc3nc4cc(Cl)c(Cl)cc4[nH]3)c3ncc(-c4ccsc4)n3n2)CC1. The van der Waals surface area contributed by atoms with E-state index in [1.165, 1.54) is 0 Å². The first-order chi connectivity index (χ1) is 16.5. The number of benzene rings is 1. The Morgan fingerprint density at radius 3 is 2.74 bits per heavy atom. The molecule has 0 radical (unpaired) electrons. The van der Waals surface area contributed by atoms with Crippen molar-refractivity contribution in [2.45, 2.75) is 6.54 Å². The van der Waals surface area contributed by atoms with Gasteiger partial charge in [-0.05, 0) is 30.6 Å². The summed E-state index contributed by atoms with van der Waals surface area (Å²) in [6, 6.07) is 7.75. The fourth-order valence-corrected chi connectivity index (χ4v) is 5.17. The maximum absolute atomic E-state index is 6.16. The molecule has 0 unspecified atom stereocenters. The molecule has 1 aliphatic heterocycles. The smallest absolute Gasteiger partial charge is 0.177 e. The fraction of sp³-hybridized carbons (Fsp3) is 0.261. The van der Waals surface area contributed by atoms with Crippen molar-refractivity contribution in [3.05, 3.63) is 57.1 Å². The van der Waals surface area contributed by atoms with Crippen molar-refractivity contribution in [3.8, 4) is 11.3 Å². The minimum Gasteiger partial charge on any atom is -0.375 e. The summed E-state index contributed by atoms with van der Waals surface area (Å²) >= 11 is 14.0. The lowest BCUT2D eigenvalue weighted by atomic mass is 10.3. The summed E-state index contributed by atoms with van der Waals surface area (Å²) < 4.78 is 1.94. The largest absolute Gasteiger partial charge is 0.375 e. The summed E-state index contributed by atoms with van der Waals surface area (Å²) in [5.74, 6) is 1.72. The second-order valence-corrected chi connectivity index (χ2v) is 10.0. The Labute approximate surface area is 210 Å². The van der Waals surface area contributed by atoms with Gasteiger partial charge in [-0.3, -0.25) is 0 Å². The van der Waals surface area contributed by atoms with E-state index in [-0.39, 0.29) is 0 Å². The molecule has 5 aromatic rings. The van der Waals surface area contributed by atoms with Crippen LogP contribution in [0.1, 0.15) is 5.82 Å². The van der Waals surface area contributed by atoms with Gasteiger partial charge in [-0.2, -0.15) is 11.3 Å². The highest BCUT2D eigenvalue weighted by atomic mass is 35.5. The van der Waals surface area contributed by atoms with E-state index in [0.29, 0.717) is 16.6 Å². The number of hydrogen-bond acceptors (Lipinski definition) is 7. The molecule has 1 saturated heterocycles. The van der Waals surface area contributed by atoms with Gasteiger partial charge in [0.2, 0.25) is 0 Å². The number of fused-ring (bicyclic) bond motifs is 2. The van der Waals surface area contributed by atoms with Gasteiger partial charge in [0.1, 0.15) is 5.82 Å². The van der Waals surface area contributed by atoms with Crippen LogP contribution < -0.4 is 10.2 Å². The molecule has 8 nitrogen and oxygen atoms in total. The second-order valence-electron chi connectivity index (χ2n) is 8.42. The summed E-state index contributed by atoms with van der Waals surface area (Å²) in [6.07, 6.45) is 1.88. The first-order valence-corrected chi connectivity index (χ1v) is 12.7. The number of thiophene rings is 1. The maximum Gasteiger partial charge on any atom is 0.177 e. The summed E-state index contributed by atoms with van der Waals surface area (Å²) in [7, 11) is 2.15. The molecule has 2 N–H and O–H groups in total. The van der Waals surface area contributed by atoms with Crippen molar-refractivity contribution in [1.82, 2.24) is 29.5 Å². The van der Waals surface area contributed by atoms with Gasteiger partial charge >= 0.3 is 0 Å². The van der Waals surface area contributed by atoms with Gasteiger partial charge in [0.05, 0.1) is 45.2 Å². The summed E-state index contributed by atoms with van der Waals surface area (Å²) in [6.45, 7) is 4.37. The molecular weight excluding hydrogens is 491 g/mol. The highest BCUT2D eigenvalue weighted by Gasteiger charge is 2.20. The van der Waals surface area contributed by atoms with Crippen LogP contribution in [0.3, 0.4) is 0 Å². The second kappa shape index (κ2) is 8.74. The van der Waals surface area contributed by atoms with E-state index in [9.17, 15) is 0 Å². The van der Waals surface area contributed by atoms with E-state index in [4.69, 9.17) is 33.3 Å². The van der Waals surface area contributed by atoms with Crippen molar-refractivity contribution in [1.29, 1.82) is 0 Å². The number of halogens is 2. The van der Waals surface area contributed by atoms with E-state index in [0.717, 1.165) is 71.4 Å². The summed E-state index contributed by atoms with van der Waals surface area (Å²) in [5, 5.41) is 13.7. The number of nitrogens with one attached hydrogen (secondary N) is 2. The van der Waals surface area contributed by atoms with Crippen LogP contribution in [-0.4, -0.2) is 62.7 Å². The topological polar surface area (TPSA) is 77.4 Å². The molecule has 6 rings (SSSR count). The van der Waals surface area contributed by atoms with E-state index in [1.54, 1.807) is 23.5 Å². The molecule has 0 bridgehead atoms. The maximum atomic E-state index is 6.16. The van der Waals surface area contributed by atoms with Crippen molar-refractivity contribution < 1.29 is 0 Å². The third kappa shape index (κ3) is 3.98. The molecule has 0 atom stereocenters. The Bertz CT molecular complexity index is 1430. The predicted octanol–water partition coefficient (Wildman–Crippen LogP) is 5.00. The Morgan fingerprint density at radius 1 is 1.12 bits per heavy atom. The molecule has 1 aromatic carbocycles. The van der Waals surface area contributed by atoms with E-state index in [1.807, 2.05) is 10.7 Å². The number of aromatic amines is 1. The molecule has 1 aliphatic rings. The van der Waals surface area contributed by atoms with Crippen LogP contribution in [-0.2, 0) is 6.54 Å². The third-order valence-electron chi connectivity index (χ3n) is 6.12. The first-order valence-electron chi connectivity index (χ1n) is 11.0. The van der Waals surface area contributed by atoms with Crippen molar-refractivity contribution in [2.75, 3.05) is 43.4 Å². The predicted molar refractivity (Wildman–Crippen MR) is 139 cm³/mol. The molecule has 5 heterocycles. The standard InChI is InChI=1S/C23H22Cl2N8S/c1-31-3-5-32(6-4-31)22-10-19(23-27-11-20(33(23)30-22)14-2-7-34-13-14)26-12-21-28-17-8-15(24)16(25)9-18(17)29-21/h2,7-11,13,26H,3-6,12H2,1H3,(H,28,29). The number of rotatable bonds is 5. The summed E-state index contributed by atoms with van der Waals surface area (Å²) in [4.78, 5) is 17.3. The van der Waals surface area contributed by atoms with Crippen LogP contribution in [0.4, 0.5) is 11.5 Å². The zero-order valence-electron chi connectivity index (χ0n) is 18.4. The molecule has 0 amide bonds. The summed E-state index contributed by atoms with van der Waals surface area (Å²) in [5.41, 5.74) is 5.40. The Morgan fingerprint density at radius 2 is 1.94 bits per heavy atom. The van der Waals surface area contributed by atoms with Gasteiger partial charge in [-0.25, -0.2) is 14.5 Å². The number of hydrogen-bond donors (Lipinski definition) is 2. The molecule has 174 valence electrons. The van der Waals surface area contributed by atoms with Gasteiger partial charge in [0, 0.05) is 43.2 Å². The quantitative estimate of drug-likeness (QED) is 0.344. The Hall–Kier alpha value is -2.85. The monoisotopic (exact) mass is 512 g/mol.